The first-order valence-electron chi connectivity index (χ1n) is 9.36. The van der Waals surface area contributed by atoms with Gasteiger partial charge in [-0.3, -0.25) is 4.79 Å². The van der Waals surface area contributed by atoms with Crippen LogP contribution in [0.1, 0.15) is 41.8 Å². The number of hydrogen-bond acceptors (Lipinski definition) is 4. The molecule has 0 saturated carbocycles. The molecule has 2 saturated heterocycles. The van der Waals surface area contributed by atoms with Gasteiger partial charge in [-0.1, -0.05) is 30.3 Å². The Kier molecular flexibility index (Phi) is 5.09. The third kappa shape index (κ3) is 3.84. The molecule has 1 spiro atoms. The van der Waals surface area contributed by atoms with E-state index in [4.69, 9.17) is 13.9 Å². The molecule has 4 rings (SSSR count). The summed E-state index contributed by atoms with van der Waals surface area (Å²) in [6.07, 6.45) is 5.30. The minimum Gasteiger partial charge on any atom is -0.459 e. The van der Waals surface area contributed by atoms with Crippen molar-refractivity contribution >= 4 is 5.91 Å². The fourth-order valence-corrected chi connectivity index (χ4v) is 3.94. The third-order valence-electron chi connectivity index (χ3n) is 5.47. The SMILES string of the molecule is O=C(c1ccco1)N1CCC2(CC1)CC(OCc1ccccc1)CCO2. The molecule has 0 aliphatic carbocycles. The number of rotatable bonds is 4. The lowest BCUT2D eigenvalue weighted by Crippen LogP contribution is -2.52. The minimum atomic E-state index is -0.153. The Labute approximate surface area is 153 Å². The van der Waals surface area contributed by atoms with Crippen molar-refractivity contribution in [3.63, 3.8) is 0 Å². The Hall–Kier alpha value is -2.11. The smallest absolute Gasteiger partial charge is 0.289 e. The van der Waals surface area contributed by atoms with E-state index in [1.54, 1.807) is 12.1 Å². The molecule has 2 aliphatic rings. The summed E-state index contributed by atoms with van der Waals surface area (Å²) in [4.78, 5) is 14.3. The predicted octanol–water partition coefficient (Wildman–Crippen LogP) is 3.65. The zero-order valence-electron chi connectivity index (χ0n) is 14.9. The Bertz CT molecular complexity index is 705. The summed E-state index contributed by atoms with van der Waals surface area (Å²) in [5.74, 6) is 0.382. The largest absolute Gasteiger partial charge is 0.459 e. The number of benzene rings is 1. The zero-order valence-corrected chi connectivity index (χ0v) is 14.9. The van der Waals surface area contributed by atoms with Crippen LogP contribution in [0.2, 0.25) is 0 Å². The summed E-state index contributed by atoms with van der Waals surface area (Å²) in [7, 11) is 0. The molecular formula is C21H25NO4. The highest BCUT2D eigenvalue weighted by Gasteiger charge is 2.41. The molecule has 1 atom stereocenters. The molecule has 2 aliphatic heterocycles. The van der Waals surface area contributed by atoms with Crippen LogP contribution < -0.4 is 0 Å². The number of likely N-dealkylation sites (tertiary alicyclic amines) is 1. The van der Waals surface area contributed by atoms with Crippen LogP contribution in [-0.4, -0.2) is 42.2 Å². The molecular weight excluding hydrogens is 330 g/mol. The lowest BCUT2D eigenvalue weighted by molar-refractivity contribution is -0.155. The van der Waals surface area contributed by atoms with Crippen LogP contribution in [0.5, 0.6) is 0 Å². The van der Waals surface area contributed by atoms with Crippen molar-refractivity contribution in [2.24, 2.45) is 0 Å². The van der Waals surface area contributed by atoms with Crippen molar-refractivity contribution in [2.45, 2.75) is 44.0 Å². The van der Waals surface area contributed by atoms with Gasteiger partial charge in [0.15, 0.2) is 5.76 Å². The van der Waals surface area contributed by atoms with Crippen LogP contribution in [0.3, 0.4) is 0 Å². The van der Waals surface area contributed by atoms with Crippen LogP contribution in [0.15, 0.2) is 53.1 Å². The number of piperidine rings is 1. The van der Waals surface area contributed by atoms with E-state index in [1.165, 1.54) is 11.8 Å². The van der Waals surface area contributed by atoms with E-state index in [2.05, 4.69) is 12.1 Å². The van der Waals surface area contributed by atoms with Crippen molar-refractivity contribution < 1.29 is 18.7 Å². The molecule has 1 aromatic heterocycles. The van der Waals surface area contributed by atoms with Gasteiger partial charge in [-0.15, -0.1) is 0 Å². The Morgan fingerprint density at radius 1 is 1.15 bits per heavy atom. The van der Waals surface area contributed by atoms with Crippen molar-refractivity contribution in [3.05, 3.63) is 60.1 Å². The molecule has 2 aromatic rings. The van der Waals surface area contributed by atoms with Crippen molar-refractivity contribution in [2.75, 3.05) is 19.7 Å². The molecule has 5 heteroatoms. The summed E-state index contributed by atoms with van der Waals surface area (Å²) in [5, 5.41) is 0. The minimum absolute atomic E-state index is 0.0301. The van der Waals surface area contributed by atoms with Gasteiger partial charge in [0.25, 0.3) is 5.91 Å². The summed E-state index contributed by atoms with van der Waals surface area (Å²) >= 11 is 0. The molecule has 138 valence electrons. The maximum Gasteiger partial charge on any atom is 0.289 e. The molecule has 0 radical (unpaired) electrons. The maximum atomic E-state index is 12.4. The average molecular weight is 355 g/mol. The second kappa shape index (κ2) is 7.64. The molecule has 0 bridgehead atoms. The fourth-order valence-electron chi connectivity index (χ4n) is 3.94. The zero-order chi connectivity index (χ0) is 17.8. The van der Waals surface area contributed by atoms with E-state index in [0.29, 0.717) is 25.5 Å². The maximum absolute atomic E-state index is 12.4. The number of furan rings is 1. The standard InChI is InChI=1S/C21H25NO4/c23-20(19-7-4-13-24-19)22-11-9-21(10-12-22)15-18(8-14-26-21)25-16-17-5-2-1-3-6-17/h1-7,13,18H,8-12,14-16H2. The molecule has 1 unspecified atom stereocenters. The topological polar surface area (TPSA) is 51.9 Å². The van der Waals surface area contributed by atoms with Crippen LogP contribution in [0.25, 0.3) is 0 Å². The van der Waals surface area contributed by atoms with Gasteiger partial charge in [0.2, 0.25) is 0 Å². The first-order chi connectivity index (χ1) is 12.7. The van der Waals surface area contributed by atoms with Crippen LogP contribution >= 0.6 is 0 Å². The van der Waals surface area contributed by atoms with Gasteiger partial charge >= 0.3 is 0 Å². The average Bonchev–Trinajstić information content (AvgIpc) is 3.22. The van der Waals surface area contributed by atoms with Crippen molar-refractivity contribution in [1.82, 2.24) is 4.90 Å². The van der Waals surface area contributed by atoms with E-state index in [0.717, 1.165) is 32.3 Å². The highest BCUT2D eigenvalue weighted by atomic mass is 16.5. The molecule has 1 amide bonds. The highest BCUT2D eigenvalue weighted by Crippen LogP contribution is 2.36. The molecule has 2 fully saturated rings. The molecule has 5 nitrogen and oxygen atoms in total. The third-order valence-corrected chi connectivity index (χ3v) is 5.47. The van der Waals surface area contributed by atoms with Gasteiger partial charge < -0.3 is 18.8 Å². The van der Waals surface area contributed by atoms with Gasteiger partial charge in [-0.25, -0.2) is 0 Å². The second-order valence-corrected chi connectivity index (χ2v) is 7.21. The number of carbonyl (C=O) groups excluding carboxylic acids is 1. The Balaban J connectivity index is 1.31. The molecule has 1 aromatic carbocycles. The first kappa shape index (κ1) is 17.3. The number of carbonyl (C=O) groups is 1. The molecule has 26 heavy (non-hydrogen) atoms. The fraction of sp³-hybridized carbons (Fsp3) is 0.476. The van der Waals surface area contributed by atoms with E-state index in [9.17, 15) is 4.79 Å². The number of nitrogens with zero attached hydrogens (tertiary/aromatic N) is 1. The van der Waals surface area contributed by atoms with Gasteiger partial charge in [0.1, 0.15) is 0 Å². The lowest BCUT2D eigenvalue weighted by Gasteiger charge is -2.45. The molecule has 3 heterocycles. The Morgan fingerprint density at radius 2 is 1.96 bits per heavy atom. The highest BCUT2D eigenvalue weighted by molar-refractivity contribution is 5.91. The summed E-state index contributed by atoms with van der Waals surface area (Å²) in [6.45, 7) is 2.77. The lowest BCUT2D eigenvalue weighted by atomic mass is 9.83. The van der Waals surface area contributed by atoms with Crippen LogP contribution in [0.4, 0.5) is 0 Å². The van der Waals surface area contributed by atoms with E-state index in [-0.39, 0.29) is 17.6 Å². The van der Waals surface area contributed by atoms with Gasteiger partial charge in [0.05, 0.1) is 24.6 Å². The van der Waals surface area contributed by atoms with E-state index >= 15 is 0 Å². The van der Waals surface area contributed by atoms with Crippen molar-refractivity contribution in [3.8, 4) is 0 Å². The normalized spacial score (nSPS) is 22.5. The van der Waals surface area contributed by atoms with Crippen LogP contribution in [0, 0.1) is 0 Å². The van der Waals surface area contributed by atoms with Crippen molar-refractivity contribution in [1.29, 1.82) is 0 Å². The monoisotopic (exact) mass is 355 g/mol. The van der Waals surface area contributed by atoms with Gasteiger partial charge in [0, 0.05) is 26.1 Å². The summed E-state index contributed by atoms with van der Waals surface area (Å²) in [6, 6.07) is 13.7. The summed E-state index contributed by atoms with van der Waals surface area (Å²) in [5.41, 5.74) is 1.05. The first-order valence-corrected chi connectivity index (χ1v) is 9.36. The quantitative estimate of drug-likeness (QED) is 0.840. The van der Waals surface area contributed by atoms with Crippen LogP contribution in [-0.2, 0) is 16.1 Å². The Morgan fingerprint density at radius 3 is 2.69 bits per heavy atom. The predicted molar refractivity (Wildman–Crippen MR) is 96.8 cm³/mol. The number of amides is 1. The summed E-state index contributed by atoms with van der Waals surface area (Å²) < 4.78 is 17.6. The number of ether oxygens (including phenoxy) is 2. The van der Waals surface area contributed by atoms with E-state index < -0.39 is 0 Å². The van der Waals surface area contributed by atoms with E-state index in [1.807, 2.05) is 23.1 Å². The van der Waals surface area contributed by atoms with Gasteiger partial charge in [-0.2, -0.15) is 0 Å². The van der Waals surface area contributed by atoms with Gasteiger partial charge in [-0.05, 0) is 37.0 Å². The number of hydrogen-bond donors (Lipinski definition) is 0. The molecule has 0 N–H and O–H groups in total. The second-order valence-electron chi connectivity index (χ2n) is 7.21.